The lowest BCUT2D eigenvalue weighted by atomic mass is 10.6. The number of hydrogen-bond donors (Lipinski definition) is 0. The molecule has 0 amide bonds. The second-order valence-corrected chi connectivity index (χ2v) is 4.69. The fourth-order valence-electron chi connectivity index (χ4n) is 0.939. The number of hydrogen-bond acceptors (Lipinski definition) is 3. The fourth-order valence-corrected chi connectivity index (χ4v) is 1.44. The topological polar surface area (TPSA) is 66.0 Å². The van der Waals surface area contributed by atoms with Crippen molar-refractivity contribution in [3.8, 4) is 0 Å². The predicted octanol–water partition coefficient (Wildman–Crippen LogP) is 0.274. The largest absolute Gasteiger partial charge is 0.748 e. The molecule has 0 aliphatic heterocycles. The van der Waals surface area contributed by atoms with Crippen molar-refractivity contribution in [3.05, 3.63) is 18.7 Å². The van der Waals surface area contributed by atoms with Crippen molar-refractivity contribution in [1.29, 1.82) is 0 Å². The standard InChI is InChI=1S/C6H11N2.C3H8O3S/c1-3-8-5-4-7(2)6-8;1-2-3-7(4,5)6/h4-6H,3H2,1-2H3;2-3H2,1H3,(H,4,5,6)/q+1;/p-1. The van der Waals surface area contributed by atoms with Crippen LogP contribution in [0.3, 0.4) is 0 Å². The monoisotopic (exact) mass is 234 g/mol. The first-order chi connectivity index (χ1) is 6.89. The molecule has 5 nitrogen and oxygen atoms in total. The fraction of sp³-hybridized carbons (Fsp3) is 0.667. The molecule has 1 rings (SSSR count). The molecule has 0 saturated carbocycles. The van der Waals surface area contributed by atoms with E-state index in [-0.39, 0.29) is 5.75 Å². The Morgan fingerprint density at radius 3 is 2.13 bits per heavy atom. The second kappa shape index (κ2) is 6.58. The molecule has 1 heterocycles. The lowest BCUT2D eigenvalue weighted by Gasteiger charge is -2.00. The van der Waals surface area contributed by atoms with E-state index in [4.69, 9.17) is 0 Å². The SMILES string of the molecule is CCCS(=O)(=O)[O-].CC[n+]1ccn(C)c1. The van der Waals surface area contributed by atoms with Gasteiger partial charge in [-0.2, -0.15) is 0 Å². The Labute approximate surface area is 91.1 Å². The maximum absolute atomic E-state index is 9.68. The van der Waals surface area contributed by atoms with E-state index in [9.17, 15) is 13.0 Å². The highest BCUT2D eigenvalue weighted by Gasteiger charge is 1.92. The molecule has 0 radical (unpaired) electrons. The van der Waals surface area contributed by atoms with E-state index >= 15 is 0 Å². The molecule has 88 valence electrons. The van der Waals surface area contributed by atoms with Gasteiger partial charge in [-0.15, -0.1) is 0 Å². The van der Waals surface area contributed by atoms with Gasteiger partial charge in [-0.1, -0.05) is 6.92 Å². The molecule has 0 aliphatic rings. The van der Waals surface area contributed by atoms with E-state index in [1.165, 1.54) is 0 Å². The lowest BCUT2D eigenvalue weighted by molar-refractivity contribution is -0.693. The van der Waals surface area contributed by atoms with Crippen molar-refractivity contribution in [2.24, 2.45) is 7.05 Å². The zero-order valence-electron chi connectivity index (χ0n) is 9.38. The Bertz CT molecular complexity index is 370. The summed E-state index contributed by atoms with van der Waals surface area (Å²) in [5.74, 6) is -0.243. The summed E-state index contributed by atoms with van der Waals surface area (Å²) in [5, 5.41) is 0. The minimum absolute atomic E-state index is 0.243. The van der Waals surface area contributed by atoms with Crippen molar-refractivity contribution in [2.75, 3.05) is 5.75 Å². The smallest absolute Gasteiger partial charge is 0.243 e. The summed E-state index contributed by atoms with van der Waals surface area (Å²) in [7, 11) is -1.90. The van der Waals surface area contributed by atoms with Gasteiger partial charge in [0.2, 0.25) is 6.33 Å². The van der Waals surface area contributed by atoms with Gasteiger partial charge in [0.05, 0.1) is 23.7 Å². The van der Waals surface area contributed by atoms with E-state index in [2.05, 4.69) is 24.0 Å². The molecule has 0 N–H and O–H groups in total. The molecular weight excluding hydrogens is 216 g/mol. The number of nitrogens with zero attached hydrogens (tertiary/aromatic N) is 2. The zero-order chi connectivity index (χ0) is 11.9. The van der Waals surface area contributed by atoms with Crippen LogP contribution in [-0.4, -0.2) is 23.3 Å². The molecule has 0 bridgehead atoms. The van der Waals surface area contributed by atoms with Crippen LogP contribution >= 0.6 is 0 Å². The summed E-state index contributed by atoms with van der Waals surface area (Å²) >= 11 is 0. The van der Waals surface area contributed by atoms with Gasteiger partial charge in [0.15, 0.2) is 0 Å². The van der Waals surface area contributed by atoms with E-state index in [0.717, 1.165) is 6.54 Å². The summed E-state index contributed by atoms with van der Waals surface area (Å²) in [5.41, 5.74) is 0. The van der Waals surface area contributed by atoms with Crippen LogP contribution in [0.5, 0.6) is 0 Å². The molecule has 0 spiro atoms. The molecule has 1 aromatic rings. The maximum Gasteiger partial charge on any atom is 0.243 e. The third kappa shape index (κ3) is 8.14. The third-order valence-electron chi connectivity index (χ3n) is 1.64. The summed E-state index contributed by atoms with van der Waals surface area (Å²) in [6.07, 6.45) is 6.55. The Morgan fingerprint density at radius 1 is 1.40 bits per heavy atom. The van der Waals surface area contributed by atoms with E-state index in [0.29, 0.717) is 6.42 Å². The summed E-state index contributed by atoms with van der Waals surface area (Å²) < 4.78 is 33.2. The molecule has 0 aromatic carbocycles. The van der Waals surface area contributed by atoms with Gasteiger partial charge in [0.25, 0.3) is 0 Å². The van der Waals surface area contributed by atoms with Crippen LogP contribution in [0.1, 0.15) is 20.3 Å². The van der Waals surface area contributed by atoms with Gasteiger partial charge in [-0.05, 0) is 13.3 Å². The molecule has 0 aliphatic carbocycles. The van der Waals surface area contributed by atoms with Gasteiger partial charge in [0.1, 0.15) is 12.4 Å². The Kier molecular flexibility index (Phi) is 6.19. The number of rotatable bonds is 3. The average molecular weight is 234 g/mol. The van der Waals surface area contributed by atoms with Crippen LogP contribution in [0.2, 0.25) is 0 Å². The minimum atomic E-state index is -3.92. The Morgan fingerprint density at radius 2 is 2.00 bits per heavy atom. The summed E-state index contributed by atoms with van der Waals surface area (Å²) in [4.78, 5) is 0. The second-order valence-electron chi connectivity index (χ2n) is 3.17. The van der Waals surface area contributed by atoms with Crippen LogP contribution in [0.15, 0.2) is 18.7 Å². The molecule has 15 heavy (non-hydrogen) atoms. The highest BCUT2D eigenvalue weighted by molar-refractivity contribution is 7.85. The minimum Gasteiger partial charge on any atom is -0.748 e. The molecule has 0 atom stereocenters. The first-order valence-electron chi connectivity index (χ1n) is 4.83. The molecule has 6 heteroatoms. The first-order valence-corrected chi connectivity index (χ1v) is 6.41. The van der Waals surface area contributed by atoms with E-state index < -0.39 is 10.1 Å². The summed E-state index contributed by atoms with van der Waals surface area (Å²) in [6, 6.07) is 0. The quantitative estimate of drug-likeness (QED) is 0.557. The predicted molar refractivity (Wildman–Crippen MR) is 56.1 cm³/mol. The van der Waals surface area contributed by atoms with Crippen molar-refractivity contribution in [2.45, 2.75) is 26.8 Å². The first kappa shape index (κ1) is 14.1. The normalized spacial score (nSPS) is 10.7. The number of aromatic nitrogens is 2. The third-order valence-corrected chi connectivity index (χ3v) is 2.55. The average Bonchev–Trinajstić information content (AvgIpc) is 2.50. The van der Waals surface area contributed by atoms with Crippen LogP contribution < -0.4 is 4.57 Å². The molecule has 0 saturated heterocycles. The number of aryl methyl sites for hydroxylation is 2. The molecule has 0 fully saturated rings. The number of imidazole rings is 1. The van der Waals surface area contributed by atoms with Crippen molar-refractivity contribution < 1.29 is 17.5 Å². The van der Waals surface area contributed by atoms with E-state index in [1.807, 2.05) is 17.8 Å². The van der Waals surface area contributed by atoms with Gasteiger partial charge in [-0.25, -0.2) is 17.6 Å². The maximum atomic E-state index is 9.68. The van der Waals surface area contributed by atoms with Gasteiger partial charge < -0.3 is 4.55 Å². The zero-order valence-corrected chi connectivity index (χ0v) is 10.2. The summed E-state index contributed by atoms with van der Waals surface area (Å²) in [6.45, 7) is 4.83. The van der Waals surface area contributed by atoms with Crippen molar-refractivity contribution >= 4 is 10.1 Å². The van der Waals surface area contributed by atoms with E-state index in [1.54, 1.807) is 6.92 Å². The lowest BCUT2D eigenvalue weighted by Crippen LogP contribution is -2.28. The van der Waals surface area contributed by atoms with Crippen LogP contribution in [0.4, 0.5) is 0 Å². The van der Waals surface area contributed by atoms with Gasteiger partial charge in [-0.3, -0.25) is 0 Å². The highest BCUT2D eigenvalue weighted by atomic mass is 32.2. The van der Waals surface area contributed by atoms with Gasteiger partial charge in [0, 0.05) is 5.75 Å². The Balaban J connectivity index is 0.000000265. The van der Waals surface area contributed by atoms with Crippen LogP contribution in [0.25, 0.3) is 0 Å². The highest BCUT2D eigenvalue weighted by Crippen LogP contribution is 1.83. The van der Waals surface area contributed by atoms with Crippen molar-refractivity contribution in [3.63, 3.8) is 0 Å². The molecule has 0 unspecified atom stereocenters. The van der Waals surface area contributed by atoms with Crippen LogP contribution in [-0.2, 0) is 23.7 Å². The molecule has 1 aromatic heterocycles. The molecular formula is C9H18N2O3S. The van der Waals surface area contributed by atoms with Crippen molar-refractivity contribution in [1.82, 2.24) is 4.57 Å². The van der Waals surface area contributed by atoms with Gasteiger partial charge >= 0.3 is 0 Å². The van der Waals surface area contributed by atoms with Crippen LogP contribution in [0, 0.1) is 0 Å². The Hall–Kier alpha value is -0.880.